The third kappa shape index (κ3) is 2.45. The molecule has 1 aromatic rings. The van der Waals surface area contributed by atoms with Crippen LogP contribution in [0.15, 0.2) is 28.0 Å². The first kappa shape index (κ1) is 11.9. The fraction of sp³-hybridized carbons (Fsp3) is 0. The number of rotatable bonds is 2. The second-order valence-electron chi connectivity index (χ2n) is 2.62. The zero-order valence-electron chi connectivity index (χ0n) is 7.15. The van der Waals surface area contributed by atoms with Gasteiger partial charge in [-0.1, -0.05) is 6.07 Å². The first-order chi connectivity index (χ1) is 6.64. The largest absolute Gasteiger partial charge is 0.506 e. The fourth-order valence-electron chi connectivity index (χ4n) is 0.988. The Morgan fingerprint density at radius 3 is 2.00 bits per heavy atom. The van der Waals surface area contributed by atoms with E-state index in [1.54, 1.807) is 0 Å². The average Bonchev–Trinajstić information content (AvgIpc) is 1.99. The van der Waals surface area contributed by atoms with Gasteiger partial charge in [0.15, 0.2) is 4.90 Å². The molecule has 7 nitrogen and oxygen atoms in total. The van der Waals surface area contributed by atoms with Crippen molar-refractivity contribution in [1.82, 2.24) is 0 Å². The van der Waals surface area contributed by atoms with Crippen LogP contribution < -0.4 is 5.14 Å². The zero-order valence-corrected chi connectivity index (χ0v) is 8.79. The van der Waals surface area contributed by atoms with Gasteiger partial charge in [-0.2, -0.15) is 8.42 Å². The van der Waals surface area contributed by atoms with E-state index in [1.165, 1.54) is 0 Å². The maximum Gasteiger partial charge on any atom is 0.299 e. The van der Waals surface area contributed by atoms with Gasteiger partial charge in [-0.25, -0.2) is 13.6 Å². The van der Waals surface area contributed by atoms with Crippen LogP contribution in [0.4, 0.5) is 0 Å². The lowest BCUT2D eigenvalue weighted by Crippen LogP contribution is -2.16. The lowest BCUT2D eigenvalue weighted by molar-refractivity contribution is 0.437. The number of aromatic hydroxyl groups is 1. The molecule has 0 atom stereocenters. The van der Waals surface area contributed by atoms with Gasteiger partial charge in [-0.3, -0.25) is 4.55 Å². The van der Waals surface area contributed by atoms with Gasteiger partial charge in [0.2, 0.25) is 10.0 Å². The highest BCUT2D eigenvalue weighted by atomic mass is 32.2. The summed E-state index contributed by atoms with van der Waals surface area (Å²) < 4.78 is 52.2. The van der Waals surface area contributed by atoms with Crippen molar-refractivity contribution in [1.29, 1.82) is 0 Å². The van der Waals surface area contributed by atoms with Crippen molar-refractivity contribution in [2.45, 2.75) is 9.79 Å². The lowest BCUT2D eigenvalue weighted by atomic mass is 10.3. The minimum atomic E-state index is -4.86. The van der Waals surface area contributed by atoms with Crippen molar-refractivity contribution in [3.63, 3.8) is 0 Å². The van der Waals surface area contributed by atoms with Gasteiger partial charge < -0.3 is 5.11 Å². The van der Waals surface area contributed by atoms with E-state index in [0.717, 1.165) is 18.2 Å². The molecular formula is C6H7NO6S2. The Balaban J connectivity index is 3.79. The van der Waals surface area contributed by atoms with E-state index >= 15 is 0 Å². The van der Waals surface area contributed by atoms with Crippen molar-refractivity contribution in [2.75, 3.05) is 0 Å². The Morgan fingerprint density at radius 1 is 1.13 bits per heavy atom. The first-order valence-corrected chi connectivity index (χ1v) is 6.45. The Bertz CT molecular complexity index is 588. The van der Waals surface area contributed by atoms with E-state index in [0.29, 0.717) is 0 Å². The van der Waals surface area contributed by atoms with Crippen LogP contribution in [0.5, 0.6) is 5.75 Å². The van der Waals surface area contributed by atoms with Gasteiger partial charge >= 0.3 is 0 Å². The number of primary sulfonamides is 1. The van der Waals surface area contributed by atoms with Crippen LogP contribution in [-0.4, -0.2) is 26.5 Å². The Hall–Kier alpha value is -1.16. The molecule has 0 bridgehead atoms. The third-order valence-electron chi connectivity index (χ3n) is 1.52. The predicted molar refractivity (Wildman–Crippen MR) is 49.3 cm³/mol. The van der Waals surface area contributed by atoms with E-state index < -0.39 is 35.7 Å². The van der Waals surface area contributed by atoms with Crippen molar-refractivity contribution >= 4 is 20.1 Å². The number of hydrogen-bond acceptors (Lipinski definition) is 5. The number of phenolic OH excluding ortho intramolecular Hbond substituents is 1. The second-order valence-corrected chi connectivity index (χ2v) is 5.51. The summed E-state index contributed by atoms with van der Waals surface area (Å²) in [5.74, 6) is -0.885. The summed E-state index contributed by atoms with van der Waals surface area (Å²) in [4.78, 5) is -1.97. The fourth-order valence-corrected chi connectivity index (χ4v) is 2.94. The second kappa shape index (κ2) is 3.45. The van der Waals surface area contributed by atoms with E-state index in [1.807, 2.05) is 0 Å². The summed E-state index contributed by atoms with van der Waals surface area (Å²) >= 11 is 0. The van der Waals surface area contributed by atoms with E-state index in [4.69, 9.17) is 14.8 Å². The van der Waals surface area contributed by atoms with Gasteiger partial charge in [0, 0.05) is 0 Å². The van der Waals surface area contributed by atoms with Crippen molar-refractivity contribution in [3.05, 3.63) is 18.2 Å². The molecule has 0 unspecified atom stereocenters. The molecular weight excluding hydrogens is 246 g/mol. The maximum atomic E-state index is 10.9. The highest BCUT2D eigenvalue weighted by molar-refractivity contribution is 7.91. The van der Waals surface area contributed by atoms with Crippen molar-refractivity contribution < 1.29 is 26.5 Å². The van der Waals surface area contributed by atoms with Crippen molar-refractivity contribution in [2.24, 2.45) is 5.14 Å². The zero-order chi connectivity index (χ0) is 11.9. The quantitative estimate of drug-likeness (QED) is 0.595. The third-order valence-corrected chi connectivity index (χ3v) is 3.55. The minimum Gasteiger partial charge on any atom is -0.506 e. The summed E-state index contributed by atoms with van der Waals surface area (Å²) in [6.07, 6.45) is 0. The van der Waals surface area contributed by atoms with Gasteiger partial charge in [0.1, 0.15) is 10.6 Å². The van der Waals surface area contributed by atoms with Gasteiger partial charge in [-0.05, 0) is 12.1 Å². The van der Waals surface area contributed by atoms with Crippen LogP contribution in [0.25, 0.3) is 0 Å². The molecule has 1 aromatic carbocycles. The highest BCUT2D eigenvalue weighted by Gasteiger charge is 2.26. The van der Waals surface area contributed by atoms with E-state index in [9.17, 15) is 16.8 Å². The average molecular weight is 253 g/mol. The topological polar surface area (TPSA) is 135 Å². The Morgan fingerprint density at radius 2 is 1.67 bits per heavy atom. The number of benzene rings is 1. The van der Waals surface area contributed by atoms with Crippen LogP contribution in [0, 0.1) is 0 Å². The van der Waals surface area contributed by atoms with Crippen LogP contribution in [0.3, 0.4) is 0 Å². The monoisotopic (exact) mass is 253 g/mol. The molecule has 1 rings (SSSR count). The smallest absolute Gasteiger partial charge is 0.299 e. The van der Waals surface area contributed by atoms with Crippen LogP contribution in [0.1, 0.15) is 0 Å². The molecule has 0 heterocycles. The number of nitrogens with two attached hydrogens (primary N) is 1. The number of sulfonamides is 1. The SMILES string of the molecule is NS(=O)(=O)c1cccc(O)c1S(=O)(=O)O. The summed E-state index contributed by atoms with van der Waals surface area (Å²) in [6, 6.07) is 2.86. The molecule has 4 N–H and O–H groups in total. The summed E-state index contributed by atoms with van der Waals surface area (Å²) in [5, 5.41) is 13.8. The van der Waals surface area contributed by atoms with Gasteiger partial charge in [0.05, 0.1) is 0 Å². The normalized spacial score (nSPS) is 12.7. The standard InChI is InChI=1S/C6H7NO6S2/c7-14(9,10)5-3-1-2-4(8)6(5)15(11,12)13/h1-3,8H,(H2,7,9,10)(H,11,12,13). The predicted octanol–water partition coefficient (Wildman–Crippen LogP) is -0.714. The molecule has 15 heavy (non-hydrogen) atoms. The molecule has 0 aliphatic heterocycles. The molecule has 0 aromatic heterocycles. The number of phenols is 1. The summed E-state index contributed by atoms with van der Waals surface area (Å²) in [5.41, 5.74) is 0. The molecule has 0 fully saturated rings. The molecule has 0 aliphatic rings. The molecule has 9 heteroatoms. The van der Waals surface area contributed by atoms with Crippen LogP contribution >= 0.6 is 0 Å². The molecule has 84 valence electrons. The molecule has 0 aliphatic carbocycles. The van der Waals surface area contributed by atoms with Gasteiger partial charge in [0.25, 0.3) is 10.1 Å². The molecule has 0 amide bonds. The van der Waals surface area contributed by atoms with Gasteiger partial charge in [-0.15, -0.1) is 0 Å². The molecule has 0 spiro atoms. The summed E-state index contributed by atoms with van der Waals surface area (Å²) in [6.45, 7) is 0. The summed E-state index contributed by atoms with van der Waals surface area (Å²) in [7, 11) is -9.19. The lowest BCUT2D eigenvalue weighted by Gasteiger charge is -2.06. The van der Waals surface area contributed by atoms with Crippen molar-refractivity contribution in [3.8, 4) is 5.75 Å². The maximum absolute atomic E-state index is 10.9. The minimum absolute atomic E-state index is 0.856. The van der Waals surface area contributed by atoms with E-state index in [-0.39, 0.29) is 0 Å². The van der Waals surface area contributed by atoms with Crippen LogP contribution in [-0.2, 0) is 20.1 Å². The molecule has 0 saturated carbocycles. The molecule has 0 saturated heterocycles. The molecule has 0 radical (unpaired) electrons. The number of hydrogen-bond donors (Lipinski definition) is 3. The van der Waals surface area contributed by atoms with Crippen LogP contribution in [0.2, 0.25) is 0 Å². The van der Waals surface area contributed by atoms with E-state index in [2.05, 4.69) is 0 Å². The Labute approximate surface area is 86.0 Å². The Kier molecular flexibility index (Phi) is 2.74. The first-order valence-electron chi connectivity index (χ1n) is 3.46. The highest BCUT2D eigenvalue weighted by Crippen LogP contribution is 2.28.